The molecule has 0 bridgehead atoms. The van der Waals surface area contributed by atoms with E-state index >= 15 is 0 Å². The van der Waals surface area contributed by atoms with Gasteiger partial charge in [0.2, 0.25) is 6.79 Å². The van der Waals surface area contributed by atoms with Crippen molar-refractivity contribution in [2.75, 3.05) is 13.8 Å². The van der Waals surface area contributed by atoms with Gasteiger partial charge in [0, 0.05) is 25.6 Å². The molecule has 0 N–H and O–H groups in total. The Morgan fingerprint density at radius 2 is 2.26 bits per heavy atom. The Bertz CT molecular complexity index is 789. The minimum absolute atomic E-state index is 0.119. The molecular weight excluding hydrogens is 320 g/mol. The van der Waals surface area contributed by atoms with Gasteiger partial charge in [-0.05, 0) is 18.6 Å². The first-order valence-electron chi connectivity index (χ1n) is 7.39. The second kappa shape index (κ2) is 5.42. The molecule has 1 aromatic carbocycles. The third kappa shape index (κ3) is 2.41. The third-order valence-electron chi connectivity index (χ3n) is 4.09. The quantitative estimate of drug-likeness (QED) is 0.857. The molecule has 1 amide bonds. The van der Waals surface area contributed by atoms with Gasteiger partial charge in [0.25, 0.3) is 5.91 Å². The van der Waals surface area contributed by atoms with Crippen LogP contribution in [0.3, 0.4) is 0 Å². The van der Waals surface area contributed by atoms with Gasteiger partial charge < -0.3 is 18.9 Å². The number of aryl methyl sites for hydroxylation is 1. The summed E-state index contributed by atoms with van der Waals surface area (Å²) in [6.07, 6.45) is 2.02. The number of amides is 1. The number of carbonyl (C=O) groups excluding carboxylic acids is 1. The summed E-state index contributed by atoms with van der Waals surface area (Å²) >= 11 is 6.14. The van der Waals surface area contributed by atoms with Crippen molar-refractivity contribution >= 4 is 17.5 Å². The van der Waals surface area contributed by atoms with E-state index in [1.165, 1.54) is 0 Å². The summed E-state index contributed by atoms with van der Waals surface area (Å²) in [5.41, 5.74) is 0.461. The van der Waals surface area contributed by atoms with Crippen molar-refractivity contribution < 1.29 is 14.3 Å². The lowest BCUT2D eigenvalue weighted by molar-refractivity contribution is 0.0779. The van der Waals surface area contributed by atoms with E-state index in [9.17, 15) is 4.79 Å². The molecule has 4 rings (SSSR count). The van der Waals surface area contributed by atoms with Gasteiger partial charge in [-0.3, -0.25) is 4.79 Å². The van der Waals surface area contributed by atoms with E-state index in [0.29, 0.717) is 28.6 Å². The predicted octanol–water partition coefficient (Wildman–Crippen LogP) is 1.88. The fraction of sp³-hybridized carbons (Fsp3) is 0.400. The summed E-state index contributed by atoms with van der Waals surface area (Å²) < 4.78 is 12.7. The summed E-state index contributed by atoms with van der Waals surface area (Å²) in [5.74, 6) is 2.63. The minimum atomic E-state index is -0.152. The average Bonchev–Trinajstić information content (AvgIpc) is 3.23. The largest absolute Gasteiger partial charge is 0.454 e. The van der Waals surface area contributed by atoms with Crippen LogP contribution in [0.25, 0.3) is 0 Å². The highest BCUT2D eigenvalue weighted by Gasteiger charge is 2.24. The van der Waals surface area contributed by atoms with Crippen LogP contribution in [-0.2, 0) is 19.5 Å². The fourth-order valence-electron chi connectivity index (χ4n) is 2.92. The SMILES string of the molecule is CN(Cc1nnc2n1CCC2)C(=O)c1cc(Cl)c2c(c1)OCO2. The average molecular weight is 335 g/mol. The fourth-order valence-corrected chi connectivity index (χ4v) is 3.19. The topological polar surface area (TPSA) is 69.5 Å². The smallest absolute Gasteiger partial charge is 0.254 e. The van der Waals surface area contributed by atoms with Crippen LogP contribution in [0.2, 0.25) is 5.02 Å². The van der Waals surface area contributed by atoms with E-state index in [2.05, 4.69) is 14.8 Å². The first kappa shape index (κ1) is 14.3. The zero-order valence-electron chi connectivity index (χ0n) is 12.6. The molecule has 2 aliphatic rings. The summed E-state index contributed by atoms with van der Waals surface area (Å²) in [7, 11) is 1.73. The van der Waals surface area contributed by atoms with Crippen molar-refractivity contribution in [3.05, 3.63) is 34.4 Å². The molecule has 8 heteroatoms. The molecule has 0 unspecified atom stereocenters. The molecule has 2 aliphatic heterocycles. The van der Waals surface area contributed by atoms with Gasteiger partial charge in [0.15, 0.2) is 17.3 Å². The lowest BCUT2D eigenvalue weighted by Crippen LogP contribution is -2.27. The van der Waals surface area contributed by atoms with E-state index in [-0.39, 0.29) is 12.7 Å². The zero-order valence-corrected chi connectivity index (χ0v) is 13.3. The Hall–Kier alpha value is -2.28. The van der Waals surface area contributed by atoms with Crippen LogP contribution in [-0.4, -0.2) is 39.4 Å². The van der Waals surface area contributed by atoms with Crippen molar-refractivity contribution in [3.8, 4) is 11.5 Å². The highest BCUT2D eigenvalue weighted by Crippen LogP contribution is 2.40. The minimum Gasteiger partial charge on any atom is -0.454 e. The number of carbonyl (C=O) groups is 1. The van der Waals surface area contributed by atoms with Crippen LogP contribution in [0.1, 0.15) is 28.4 Å². The van der Waals surface area contributed by atoms with Crippen LogP contribution in [0.4, 0.5) is 0 Å². The molecule has 7 nitrogen and oxygen atoms in total. The van der Waals surface area contributed by atoms with E-state index in [1.807, 2.05) is 0 Å². The maximum atomic E-state index is 12.6. The molecule has 0 atom stereocenters. The van der Waals surface area contributed by atoms with Crippen LogP contribution in [0.5, 0.6) is 11.5 Å². The molecular formula is C15H15ClN4O3. The predicted molar refractivity (Wildman–Crippen MR) is 81.7 cm³/mol. The molecule has 23 heavy (non-hydrogen) atoms. The number of halogens is 1. The maximum Gasteiger partial charge on any atom is 0.254 e. The van der Waals surface area contributed by atoms with Gasteiger partial charge >= 0.3 is 0 Å². The Balaban J connectivity index is 1.55. The standard InChI is InChI=1S/C15H15ClN4O3/c1-19(7-13-18-17-12-3-2-4-20(12)13)15(21)9-5-10(16)14-11(6-9)22-8-23-14/h5-6H,2-4,7-8H2,1H3. The van der Waals surface area contributed by atoms with Crippen molar-refractivity contribution in [1.82, 2.24) is 19.7 Å². The number of hydrogen-bond donors (Lipinski definition) is 0. The molecule has 3 heterocycles. The van der Waals surface area contributed by atoms with Crippen LogP contribution in [0.15, 0.2) is 12.1 Å². The molecule has 0 saturated heterocycles. The molecule has 0 radical (unpaired) electrons. The summed E-state index contributed by atoms with van der Waals surface area (Å²) in [4.78, 5) is 14.2. The summed E-state index contributed by atoms with van der Waals surface area (Å²) in [6.45, 7) is 1.43. The summed E-state index contributed by atoms with van der Waals surface area (Å²) in [5, 5.41) is 8.71. The van der Waals surface area contributed by atoms with Crippen molar-refractivity contribution in [1.29, 1.82) is 0 Å². The third-order valence-corrected chi connectivity index (χ3v) is 4.37. The van der Waals surface area contributed by atoms with Crippen LogP contribution < -0.4 is 9.47 Å². The number of nitrogens with zero attached hydrogens (tertiary/aromatic N) is 4. The monoisotopic (exact) mass is 334 g/mol. The molecule has 2 aromatic rings. The van der Waals surface area contributed by atoms with Crippen molar-refractivity contribution in [3.63, 3.8) is 0 Å². The van der Waals surface area contributed by atoms with Gasteiger partial charge in [-0.25, -0.2) is 0 Å². The first-order valence-corrected chi connectivity index (χ1v) is 7.77. The van der Waals surface area contributed by atoms with Crippen molar-refractivity contribution in [2.24, 2.45) is 0 Å². The lowest BCUT2D eigenvalue weighted by Gasteiger charge is -2.17. The number of hydrogen-bond acceptors (Lipinski definition) is 5. The second-order valence-corrected chi connectivity index (χ2v) is 6.05. The zero-order chi connectivity index (χ0) is 16.0. The molecule has 0 aliphatic carbocycles. The molecule has 0 saturated carbocycles. The first-order chi connectivity index (χ1) is 11.1. The number of fused-ring (bicyclic) bond motifs is 2. The van der Waals surface area contributed by atoms with Gasteiger partial charge in [-0.2, -0.15) is 0 Å². The Kier molecular flexibility index (Phi) is 3.37. The number of benzene rings is 1. The molecule has 0 fully saturated rings. The van der Waals surface area contributed by atoms with Gasteiger partial charge in [0.05, 0.1) is 11.6 Å². The Morgan fingerprint density at radius 1 is 1.39 bits per heavy atom. The normalized spacial score (nSPS) is 14.9. The molecule has 0 spiro atoms. The molecule has 1 aromatic heterocycles. The van der Waals surface area contributed by atoms with Gasteiger partial charge in [0.1, 0.15) is 5.82 Å². The molecule has 120 valence electrons. The van der Waals surface area contributed by atoms with Gasteiger partial charge in [-0.1, -0.05) is 11.6 Å². The van der Waals surface area contributed by atoms with E-state index in [4.69, 9.17) is 21.1 Å². The number of aromatic nitrogens is 3. The van der Waals surface area contributed by atoms with Gasteiger partial charge in [-0.15, -0.1) is 10.2 Å². The van der Waals surface area contributed by atoms with Crippen LogP contribution in [0, 0.1) is 0 Å². The highest BCUT2D eigenvalue weighted by molar-refractivity contribution is 6.32. The van der Waals surface area contributed by atoms with Crippen molar-refractivity contribution in [2.45, 2.75) is 25.9 Å². The van der Waals surface area contributed by atoms with Crippen LogP contribution >= 0.6 is 11.6 Å². The van der Waals surface area contributed by atoms with E-state index < -0.39 is 0 Å². The highest BCUT2D eigenvalue weighted by atomic mass is 35.5. The second-order valence-electron chi connectivity index (χ2n) is 5.64. The maximum absolute atomic E-state index is 12.6. The Morgan fingerprint density at radius 3 is 3.13 bits per heavy atom. The number of rotatable bonds is 3. The van der Waals surface area contributed by atoms with E-state index in [0.717, 1.165) is 31.0 Å². The number of ether oxygens (including phenoxy) is 2. The lowest BCUT2D eigenvalue weighted by atomic mass is 10.1. The summed E-state index contributed by atoms with van der Waals surface area (Å²) in [6, 6.07) is 3.25. The van der Waals surface area contributed by atoms with E-state index in [1.54, 1.807) is 24.1 Å². The Labute approximate surface area is 137 Å².